The lowest BCUT2D eigenvalue weighted by molar-refractivity contribution is -0.116. The number of aromatic nitrogens is 2. The minimum atomic E-state index is -3.54. The van der Waals surface area contributed by atoms with E-state index >= 15 is 0 Å². The maximum absolute atomic E-state index is 12.9. The number of likely N-dealkylation sites (N-methyl/N-ethyl adjacent to an activating group) is 1. The van der Waals surface area contributed by atoms with E-state index < -0.39 is 10.0 Å². The predicted octanol–water partition coefficient (Wildman–Crippen LogP) is 2.63. The van der Waals surface area contributed by atoms with Gasteiger partial charge < -0.3 is 19.7 Å². The fraction of sp³-hybridized carbons (Fsp3) is 0.440. The van der Waals surface area contributed by atoms with Crippen LogP contribution < -0.4 is 10.2 Å². The molecule has 0 radical (unpaired) electrons. The molecule has 0 atom stereocenters. The SMILES string of the molecule is CCn1c(CCC(=O)Nc2ccccc2N2CCN(C)CC2)nc2cc(S(=O)(=O)N(C)C)ccc21. The van der Waals surface area contributed by atoms with Gasteiger partial charge in [0, 0.05) is 59.7 Å². The number of carbonyl (C=O) groups is 1. The van der Waals surface area contributed by atoms with E-state index in [9.17, 15) is 13.2 Å². The van der Waals surface area contributed by atoms with Crippen LogP contribution in [0.5, 0.6) is 0 Å². The average Bonchev–Trinajstić information content (AvgIpc) is 3.20. The van der Waals surface area contributed by atoms with Gasteiger partial charge in [-0.15, -0.1) is 0 Å². The highest BCUT2D eigenvalue weighted by Gasteiger charge is 2.21. The van der Waals surface area contributed by atoms with E-state index in [1.54, 1.807) is 18.2 Å². The lowest BCUT2D eigenvalue weighted by Gasteiger charge is -2.35. The zero-order valence-corrected chi connectivity index (χ0v) is 21.7. The fourth-order valence-corrected chi connectivity index (χ4v) is 5.34. The number of piperazine rings is 1. The molecule has 1 aromatic heterocycles. The Balaban J connectivity index is 1.48. The molecule has 1 aliphatic rings. The van der Waals surface area contributed by atoms with Gasteiger partial charge in [-0.3, -0.25) is 4.79 Å². The summed E-state index contributed by atoms with van der Waals surface area (Å²) in [4.78, 5) is 22.4. The number of para-hydroxylation sites is 2. The molecule has 188 valence electrons. The van der Waals surface area contributed by atoms with E-state index in [1.807, 2.05) is 29.7 Å². The van der Waals surface area contributed by atoms with Gasteiger partial charge >= 0.3 is 0 Å². The lowest BCUT2D eigenvalue weighted by Crippen LogP contribution is -2.44. The highest BCUT2D eigenvalue weighted by molar-refractivity contribution is 7.89. The van der Waals surface area contributed by atoms with Gasteiger partial charge in [0.2, 0.25) is 15.9 Å². The Morgan fingerprint density at radius 2 is 1.80 bits per heavy atom. The van der Waals surface area contributed by atoms with Gasteiger partial charge in [0.1, 0.15) is 5.82 Å². The molecule has 0 saturated carbocycles. The molecule has 3 aromatic rings. The Bertz CT molecular complexity index is 1310. The summed E-state index contributed by atoms with van der Waals surface area (Å²) in [6.07, 6.45) is 0.740. The smallest absolute Gasteiger partial charge is 0.242 e. The molecule has 0 unspecified atom stereocenters. The molecule has 9 nitrogen and oxygen atoms in total. The summed E-state index contributed by atoms with van der Waals surface area (Å²) in [5.74, 6) is 0.696. The number of fused-ring (bicyclic) bond motifs is 1. The molecule has 0 spiro atoms. The third-order valence-corrected chi connectivity index (χ3v) is 8.30. The van der Waals surface area contributed by atoms with Crippen molar-refractivity contribution in [2.75, 3.05) is 57.5 Å². The predicted molar refractivity (Wildman–Crippen MR) is 139 cm³/mol. The first-order valence-corrected chi connectivity index (χ1v) is 13.4. The fourth-order valence-electron chi connectivity index (χ4n) is 4.41. The third-order valence-electron chi connectivity index (χ3n) is 6.49. The van der Waals surface area contributed by atoms with E-state index in [2.05, 4.69) is 33.2 Å². The third kappa shape index (κ3) is 5.34. The van der Waals surface area contributed by atoms with Crippen molar-refractivity contribution in [2.45, 2.75) is 31.2 Å². The number of carbonyl (C=O) groups excluding carboxylic acids is 1. The summed E-state index contributed by atoms with van der Waals surface area (Å²) in [5, 5.41) is 3.09. The Morgan fingerprint density at radius 1 is 1.09 bits per heavy atom. The van der Waals surface area contributed by atoms with Gasteiger partial charge in [0.25, 0.3) is 0 Å². The molecule has 10 heteroatoms. The molecular formula is C25H34N6O3S. The van der Waals surface area contributed by atoms with Crippen LogP contribution in [0.1, 0.15) is 19.2 Å². The molecule has 1 N–H and O–H groups in total. The standard InChI is InChI=1S/C25H34N6O3S/c1-5-31-23-11-10-19(35(33,34)28(2)3)18-21(23)26-24(31)12-13-25(32)27-20-8-6-7-9-22(20)30-16-14-29(4)15-17-30/h6-11,18H,5,12-17H2,1-4H3,(H,27,32). The molecule has 4 rings (SSSR count). The number of nitrogens with one attached hydrogen (secondary N) is 1. The minimum Gasteiger partial charge on any atom is -0.367 e. The second-order valence-corrected chi connectivity index (χ2v) is 11.2. The van der Waals surface area contributed by atoms with Gasteiger partial charge in [-0.1, -0.05) is 12.1 Å². The molecule has 1 aliphatic heterocycles. The normalized spacial score (nSPS) is 15.2. The number of anilines is 2. The van der Waals surface area contributed by atoms with Crippen molar-refractivity contribution in [3.63, 3.8) is 0 Å². The number of rotatable bonds is 8. The van der Waals surface area contributed by atoms with E-state index in [4.69, 9.17) is 0 Å². The van der Waals surface area contributed by atoms with Crippen LogP contribution in [-0.2, 0) is 27.8 Å². The molecule has 0 aliphatic carbocycles. The zero-order valence-electron chi connectivity index (χ0n) is 20.9. The summed E-state index contributed by atoms with van der Waals surface area (Å²) >= 11 is 0. The Kier molecular flexibility index (Phi) is 7.44. The summed E-state index contributed by atoms with van der Waals surface area (Å²) < 4.78 is 28.3. The summed E-state index contributed by atoms with van der Waals surface area (Å²) in [5.41, 5.74) is 3.35. The Morgan fingerprint density at radius 3 is 2.49 bits per heavy atom. The highest BCUT2D eigenvalue weighted by atomic mass is 32.2. The number of imidazole rings is 1. The summed E-state index contributed by atoms with van der Waals surface area (Å²) in [7, 11) is 1.60. The Hall–Kier alpha value is -2.95. The summed E-state index contributed by atoms with van der Waals surface area (Å²) in [6, 6.07) is 12.9. The zero-order chi connectivity index (χ0) is 25.2. The van der Waals surface area contributed by atoms with Crippen LogP contribution in [0, 0.1) is 0 Å². The molecule has 2 aromatic carbocycles. The van der Waals surface area contributed by atoms with Crippen molar-refractivity contribution in [1.29, 1.82) is 0 Å². The molecule has 1 saturated heterocycles. The maximum Gasteiger partial charge on any atom is 0.242 e. The van der Waals surface area contributed by atoms with Gasteiger partial charge in [0.05, 0.1) is 27.3 Å². The second kappa shape index (κ2) is 10.3. The first kappa shape index (κ1) is 25.2. The summed E-state index contributed by atoms with van der Waals surface area (Å²) in [6.45, 7) is 6.53. The van der Waals surface area contributed by atoms with Crippen LogP contribution in [0.15, 0.2) is 47.4 Å². The van der Waals surface area contributed by atoms with E-state index in [0.717, 1.165) is 48.9 Å². The molecule has 1 fully saturated rings. The van der Waals surface area contributed by atoms with Crippen LogP contribution in [0.25, 0.3) is 11.0 Å². The van der Waals surface area contributed by atoms with Crippen LogP contribution in [0.4, 0.5) is 11.4 Å². The van der Waals surface area contributed by atoms with E-state index in [1.165, 1.54) is 18.4 Å². The molecule has 0 bridgehead atoms. The number of nitrogens with zero attached hydrogens (tertiary/aromatic N) is 5. The lowest BCUT2D eigenvalue weighted by atomic mass is 10.2. The first-order chi connectivity index (χ1) is 16.7. The van der Waals surface area contributed by atoms with Crippen LogP contribution in [-0.4, -0.2) is 80.4 Å². The van der Waals surface area contributed by atoms with Gasteiger partial charge in [-0.05, 0) is 44.3 Å². The van der Waals surface area contributed by atoms with Crippen molar-refractivity contribution < 1.29 is 13.2 Å². The van der Waals surface area contributed by atoms with Crippen LogP contribution in [0.2, 0.25) is 0 Å². The Labute approximate surface area is 207 Å². The quantitative estimate of drug-likeness (QED) is 0.514. The average molecular weight is 499 g/mol. The van der Waals surface area contributed by atoms with Crippen molar-refractivity contribution in [3.05, 3.63) is 48.3 Å². The second-order valence-electron chi connectivity index (χ2n) is 9.07. The van der Waals surface area contributed by atoms with Gasteiger partial charge in [-0.25, -0.2) is 17.7 Å². The largest absolute Gasteiger partial charge is 0.367 e. The van der Waals surface area contributed by atoms with Crippen LogP contribution in [0.3, 0.4) is 0 Å². The topological polar surface area (TPSA) is 90.8 Å². The molecule has 35 heavy (non-hydrogen) atoms. The minimum absolute atomic E-state index is 0.0721. The van der Waals surface area contributed by atoms with E-state index in [0.29, 0.717) is 18.5 Å². The first-order valence-electron chi connectivity index (χ1n) is 11.9. The van der Waals surface area contributed by atoms with Gasteiger partial charge in [-0.2, -0.15) is 0 Å². The van der Waals surface area contributed by atoms with E-state index in [-0.39, 0.29) is 17.2 Å². The highest BCUT2D eigenvalue weighted by Crippen LogP contribution is 2.27. The van der Waals surface area contributed by atoms with Crippen molar-refractivity contribution >= 4 is 38.3 Å². The molecular weight excluding hydrogens is 464 g/mol. The van der Waals surface area contributed by atoms with Crippen LogP contribution >= 0.6 is 0 Å². The molecule has 2 heterocycles. The van der Waals surface area contributed by atoms with Crippen molar-refractivity contribution in [1.82, 2.24) is 18.8 Å². The molecule has 1 amide bonds. The monoisotopic (exact) mass is 498 g/mol. The number of hydrogen-bond acceptors (Lipinski definition) is 6. The van der Waals surface area contributed by atoms with Crippen molar-refractivity contribution in [2.24, 2.45) is 0 Å². The maximum atomic E-state index is 12.9. The number of aryl methyl sites for hydroxylation is 2. The number of amides is 1. The number of hydrogen-bond donors (Lipinski definition) is 1. The van der Waals surface area contributed by atoms with Gasteiger partial charge in [0.15, 0.2) is 0 Å². The number of sulfonamides is 1. The number of benzene rings is 2. The van der Waals surface area contributed by atoms with Crippen molar-refractivity contribution in [3.8, 4) is 0 Å².